The van der Waals surface area contributed by atoms with Crippen molar-refractivity contribution in [2.45, 2.75) is 24.7 Å². The van der Waals surface area contributed by atoms with Crippen LogP contribution in [-0.2, 0) is 29.4 Å². The monoisotopic (exact) mass is 458 g/mol. The molecule has 0 saturated carbocycles. The number of carbonyl (C=O) groups excluding carboxylic acids is 2. The highest BCUT2D eigenvalue weighted by molar-refractivity contribution is 7.91. The zero-order valence-electron chi connectivity index (χ0n) is 16.8. The van der Waals surface area contributed by atoms with E-state index in [-0.39, 0.29) is 66.6 Å². The predicted octanol–water partition coefficient (Wildman–Crippen LogP) is 0.521. The Kier molecular flexibility index (Phi) is 6.83. The van der Waals surface area contributed by atoms with Gasteiger partial charge in [0.05, 0.1) is 28.6 Å². The van der Waals surface area contributed by atoms with E-state index in [2.05, 4.69) is 0 Å². The van der Waals surface area contributed by atoms with Crippen molar-refractivity contribution >= 4 is 31.7 Å². The minimum Gasteiger partial charge on any atom is -0.462 e. The molecule has 1 aromatic carbocycles. The third-order valence-electron chi connectivity index (χ3n) is 5.46. The second-order valence-electron chi connectivity index (χ2n) is 7.40. The second-order valence-corrected chi connectivity index (χ2v) is 11.6. The van der Waals surface area contributed by atoms with E-state index in [0.717, 1.165) is 0 Å². The molecule has 2 aliphatic rings. The Balaban J connectivity index is 1.60. The highest BCUT2D eigenvalue weighted by atomic mass is 32.2. The molecule has 30 heavy (non-hydrogen) atoms. The quantitative estimate of drug-likeness (QED) is 0.590. The number of hydrogen-bond acceptors (Lipinski definition) is 7. The van der Waals surface area contributed by atoms with Crippen molar-refractivity contribution in [2.75, 3.05) is 44.3 Å². The van der Waals surface area contributed by atoms with Crippen LogP contribution in [-0.4, -0.2) is 82.2 Å². The summed E-state index contributed by atoms with van der Waals surface area (Å²) in [6.07, 6.45) is 0.782. The number of hydrogen-bond donors (Lipinski definition) is 0. The summed E-state index contributed by atoms with van der Waals surface area (Å²) in [7, 11) is -6.79. The summed E-state index contributed by atoms with van der Waals surface area (Å²) in [4.78, 5) is 26.0. The van der Waals surface area contributed by atoms with Gasteiger partial charge in [0.25, 0.3) is 0 Å². The molecule has 0 spiro atoms. The molecule has 9 nitrogen and oxygen atoms in total. The molecule has 0 aliphatic carbocycles. The van der Waals surface area contributed by atoms with Crippen LogP contribution in [0.4, 0.5) is 0 Å². The van der Waals surface area contributed by atoms with Crippen molar-refractivity contribution in [3.05, 3.63) is 29.8 Å². The fourth-order valence-electron chi connectivity index (χ4n) is 3.66. The van der Waals surface area contributed by atoms with E-state index in [1.165, 1.54) is 28.6 Å². The molecule has 2 saturated heterocycles. The van der Waals surface area contributed by atoms with Crippen LogP contribution in [0.2, 0.25) is 0 Å². The standard InChI is InChI=1S/C19H26N2O7S2/c1-2-28-19(23)16-3-5-17(6-4-16)30(26,27)21-9-7-15(8-10-21)18(22)20-11-13-29(24,25)14-12-20/h3-6,15H,2,7-14H2,1H3. The van der Waals surface area contributed by atoms with Crippen molar-refractivity contribution in [1.29, 1.82) is 0 Å². The van der Waals surface area contributed by atoms with Gasteiger partial charge in [0.2, 0.25) is 15.9 Å². The Labute approximate surface area is 177 Å². The minimum absolute atomic E-state index is 0.0201. The molecule has 0 unspecified atom stereocenters. The number of carbonyl (C=O) groups is 2. The van der Waals surface area contributed by atoms with Gasteiger partial charge in [-0.25, -0.2) is 21.6 Å². The molecule has 0 N–H and O–H groups in total. The third kappa shape index (κ3) is 5.01. The van der Waals surface area contributed by atoms with Gasteiger partial charge < -0.3 is 9.64 Å². The Hall–Kier alpha value is -1.98. The molecule has 2 aliphatic heterocycles. The number of sulfone groups is 1. The van der Waals surface area contributed by atoms with Gasteiger partial charge in [0.15, 0.2) is 9.84 Å². The van der Waals surface area contributed by atoms with Crippen LogP contribution in [0.15, 0.2) is 29.2 Å². The minimum atomic E-state index is -3.73. The zero-order valence-corrected chi connectivity index (χ0v) is 18.5. The summed E-state index contributed by atoms with van der Waals surface area (Å²) in [5, 5.41) is 0. The molecule has 3 rings (SSSR count). The number of esters is 1. The Morgan fingerprint density at radius 3 is 2.13 bits per heavy atom. The summed E-state index contributed by atoms with van der Waals surface area (Å²) in [6.45, 7) is 2.76. The van der Waals surface area contributed by atoms with Crippen LogP contribution in [0.3, 0.4) is 0 Å². The van der Waals surface area contributed by atoms with Crippen molar-refractivity contribution < 1.29 is 31.2 Å². The number of nitrogens with zero attached hydrogens (tertiary/aromatic N) is 2. The fourth-order valence-corrected chi connectivity index (χ4v) is 6.33. The van der Waals surface area contributed by atoms with Gasteiger partial charge in [-0.05, 0) is 44.0 Å². The molecule has 1 aromatic rings. The molecule has 2 heterocycles. The van der Waals surface area contributed by atoms with Crippen molar-refractivity contribution in [3.63, 3.8) is 0 Å². The first-order valence-electron chi connectivity index (χ1n) is 9.90. The number of ether oxygens (including phenoxy) is 1. The molecular weight excluding hydrogens is 432 g/mol. The van der Waals surface area contributed by atoms with Crippen molar-refractivity contribution in [1.82, 2.24) is 9.21 Å². The van der Waals surface area contributed by atoms with Crippen LogP contribution in [0.25, 0.3) is 0 Å². The molecule has 166 valence electrons. The van der Waals surface area contributed by atoms with Crippen LogP contribution < -0.4 is 0 Å². The summed E-state index contributed by atoms with van der Waals surface area (Å²) < 4.78 is 55.1. The predicted molar refractivity (Wildman–Crippen MR) is 109 cm³/mol. The maximum absolute atomic E-state index is 12.9. The SMILES string of the molecule is CCOC(=O)c1ccc(S(=O)(=O)N2CCC(C(=O)N3CCS(=O)(=O)CC3)CC2)cc1. The first kappa shape index (κ1) is 22.7. The maximum atomic E-state index is 12.9. The first-order chi connectivity index (χ1) is 14.1. The van der Waals surface area contributed by atoms with Crippen LogP contribution in [0.1, 0.15) is 30.1 Å². The lowest BCUT2D eigenvalue weighted by molar-refractivity contribution is -0.136. The fraction of sp³-hybridized carbons (Fsp3) is 0.579. The van der Waals surface area contributed by atoms with Crippen LogP contribution in [0, 0.1) is 5.92 Å². The number of piperidine rings is 1. The summed E-state index contributed by atoms with van der Waals surface area (Å²) in [5.41, 5.74) is 0.281. The van der Waals surface area contributed by atoms with E-state index in [0.29, 0.717) is 12.8 Å². The molecule has 0 bridgehead atoms. The Morgan fingerprint density at radius 1 is 1.03 bits per heavy atom. The van der Waals surface area contributed by atoms with Crippen molar-refractivity contribution in [3.8, 4) is 0 Å². The van der Waals surface area contributed by atoms with Crippen LogP contribution in [0.5, 0.6) is 0 Å². The normalized spacial score (nSPS) is 20.6. The van der Waals surface area contributed by atoms with Gasteiger partial charge in [-0.2, -0.15) is 4.31 Å². The topological polar surface area (TPSA) is 118 Å². The molecule has 0 aromatic heterocycles. The summed E-state index contributed by atoms with van der Waals surface area (Å²) >= 11 is 0. The molecule has 11 heteroatoms. The summed E-state index contributed by atoms with van der Waals surface area (Å²) in [5.74, 6) is -0.947. The number of sulfonamides is 1. The Bertz CT molecular complexity index is 982. The van der Waals surface area contributed by atoms with Crippen LogP contribution >= 0.6 is 0 Å². The van der Waals surface area contributed by atoms with Gasteiger partial charge in [0.1, 0.15) is 0 Å². The maximum Gasteiger partial charge on any atom is 0.338 e. The van der Waals surface area contributed by atoms with E-state index in [9.17, 15) is 26.4 Å². The van der Waals surface area contributed by atoms with Gasteiger partial charge in [-0.1, -0.05) is 0 Å². The van der Waals surface area contributed by atoms with Gasteiger partial charge in [-0.3, -0.25) is 4.79 Å². The number of rotatable bonds is 5. The Morgan fingerprint density at radius 2 is 1.60 bits per heavy atom. The third-order valence-corrected chi connectivity index (χ3v) is 8.98. The zero-order chi connectivity index (χ0) is 21.9. The highest BCUT2D eigenvalue weighted by Crippen LogP contribution is 2.26. The molecule has 2 fully saturated rings. The summed E-state index contributed by atoms with van der Waals surface area (Å²) in [6, 6.07) is 5.61. The van der Waals surface area contributed by atoms with Crippen molar-refractivity contribution in [2.24, 2.45) is 5.92 Å². The average molecular weight is 459 g/mol. The van der Waals surface area contributed by atoms with Gasteiger partial charge in [-0.15, -0.1) is 0 Å². The molecular formula is C19H26N2O7S2. The first-order valence-corrected chi connectivity index (χ1v) is 13.2. The average Bonchev–Trinajstić information content (AvgIpc) is 2.73. The van der Waals surface area contributed by atoms with Gasteiger partial charge in [0, 0.05) is 32.1 Å². The lowest BCUT2D eigenvalue weighted by Crippen LogP contribution is -2.49. The second kappa shape index (κ2) is 9.03. The van der Waals surface area contributed by atoms with E-state index in [1.54, 1.807) is 11.8 Å². The molecule has 0 radical (unpaired) electrons. The largest absolute Gasteiger partial charge is 0.462 e. The van der Waals surface area contributed by atoms with E-state index >= 15 is 0 Å². The smallest absolute Gasteiger partial charge is 0.338 e. The molecule has 1 amide bonds. The van der Waals surface area contributed by atoms with E-state index in [1.807, 2.05) is 0 Å². The number of benzene rings is 1. The van der Waals surface area contributed by atoms with E-state index < -0.39 is 25.8 Å². The van der Waals surface area contributed by atoms with Gasteiger partial charge >= 0.3 is 5.97 Å². The lowest BCUT2D eigenvalue weighted by atomic mass is 9.96. The number of amides is 1. The lowest BCUT2D eigenvalue weighted by Gasteiger charge is -2.35. The van der Waals surface area contributed by atoms with E-state index in [4.69, 9.17) is 4.74 Å². The molecule has 0 atom stereocenters. The highest BCUT2D eigenvalue weighted by Gasteiger charge is 2.35.